The van der Waals surface area contributed by atoms with Crippen LogP contribution in [0.1, 0.15) is 11.4 Å². The molecule has 0 aliphatic carbocycles. The minimum Gasteiger partial charge on any atom is -0.304 e. The SMILES string of the molecule is Cc1cccc2nc(CSc3ccc4ccccc4n3)cn12. The van der Waals surface area contributed by atoms with Crippen LogP contribution >= 0.6 is 11.8 Å². The van der Waals surface area contributed by atoms with Gasteiger partial charge in [0.1, 0.15) is 5.65 Å². The van der Waals surface area contributed by atoms with E-state index >= 15 is 0 Å². The Bertz CT molecular complexity index is 959. The predicted molar refractivity (Wildman–Crippen MR) is 91.2 cm³/mol. The van der Waals surface area contributed by atoms with Crippen molar-refractivity contribution in [2.45, 2.75) is 17.7 Å². The number of pyridine rings is 2. The average Bonchev–Trinajstić information content (AvgIpc) is 2.97. The van der Waals surface area contributed by atoms with Crippen molar-refractivity contribution in [1.82, 2.24) is 14.4 Å². The number of thioether (sulfide) groups is 1. The molecule has 0 aliphatic rings. The molecular weight excluding hydrogens is 290 g/mol. The van der Waals surface area contributed by atoms with Crippen LogP contribution in [-0.4, -0.2) is 14.4 Å². The van der Waals surface area contributed by atoms with Crippen LogP contribution < -0.4 is 0 Å². The molecular formula is C18H15N3S. The van der Waals surface area contributed by atoms with Gasteiger partial charge in [-0.15, -0.1) is 0 Å². The van der Waals surface area contributed by atoms with Gasteiger partial charge in [-0.3, -0.25) is 0 Å². The number of fused-ring (bicyclic) bond motifs is 2. The second-order valence-corrected chi connectivity index (χ2v) is 6.25. The molecule has 22 heavy (non-hydrogen) atoms. The summed E-state index contributed by atoms with van der Waals surface area (Å²) < 4.78 is 2.13. The van der Waals surface area contributed by atoms with Crippen molar-refractivity contribution in [1.29, 1.82) is 0 Å². The van der Waals surface area contributed by atoms with Crippen molar-refractivity contribution in [3.63, 3.8) is 0 Å². The maximum absolute atomic E-state index is 4.69. The van der Waals surface area contributed by atoms with Gasteiger partial charge in [0.15, 0.2) is 0 Å². The summed E-state index contributed by atoms with van der Waals surface area (Å²) in [7, 11) is 0. The Labute approximate surface area is 133 Å². The van der Waals surface area contributed by atoms with Gasteiger partial charge in [0.05, 0.1) is 16.2 Å². The van der Waals surface area contributed by atoms with Gasteiger partial charge in [0, 0.05) is 23.0 Å². The molecule has 0 fully saturated rings. The third kappa shape index (κ3) is 2.46. The highest BCUT2D eigenvalue weighted by molar-refractivity contribution is 7.98. The van der Waals surface area contributed by atoms with E-state index in [1.165, 1.54) is 11.1 Å². The van der Waals surface area contributed by atoms with E-state index in [1.807, 2.05) is 30.3 Å². The van der Waals surface area contributed by atoms with Crippen molar-refractivity contribution < 1.29 is 0 Å². The molecule has 4 aromatic rings. The van der Waals surface area contributed by atoms with E-state index in [0.29, 0.717) is 0 Å². The molecule has 4 rings (SSSR count). The second-order valence-electron chi connectivity index (χ2n) is 5.26. The Kier molecular flexibility index (Phi) is 3.31. The monoisotopic (exact) mass is 305 g/mol. The van der Waals surface area contributed by atoms with E-state index in [4.69, 9.17) is 4.98 Å². The highest BCUT2D eigenvalue weighted by Gasteiger charge is 2.05. The van der Waals surface area contributed by atoms with Gasteiger partial charge in [0.25, 0.3) is 0 Å². The number of nitrogens with zero attached hydrogens (tertiary/aromatic N) is 3. The largest absolute Gasteiger partial charge is 0.304 e. The summed E-state index contributed by atoms with van der Waals surface area (Å²) >= 11 is 1.72. The zero-order valence-corrected chi connectivity index (χ0v) is 13.0. The summed E-state index contributed by atoms with van der Waals surface area (Å²) in [5.74, 6) is 0.826. The normalized spacial score (nSPS) is 11.3. The van der Waals surface area contributed by atoms with Gasteiger partial charge in [0.2, 0.25) is 0 Å². The molecule has 0 atom stereocenters. The number of para-hydroxylation sites is 1. The van der Waals surface area contributed by atoms with Gasteiger partial charge in [-0.1, -0.05) is 42.1 Å². The Morgan fingerprint density at radius 3 is 2.77 bits per heavy atom. The first-order valence-corrected chi connectivity index (χ1v) is 8.20. The first-order valence-electron chi connectivity index (χ1n) is 7.22. The minimum absolute atomic E-state index is 0.826. The third-order valence-corrected chi connectivity index (χ3v) is 4.65. The Morgan fingerprint density at radius 2 is 1.86 bits per heavy atom. The Balaban J connectivity index is 1.58. The minimum atomic E-state index is 0.826. The molecule has 0 spiro atoms. The van der Waals surface area contributed by atoms with Crippen molar-refractivity contribution in [3.8, 4) is 0 Å². The smallest absolute Gasteiger partial charge is 0.137 e. The topological polar surface area (TPSA) is 30.2 Å². The molecule has 0 unspecified atom stereocenters. The molecule has 3 heterocycles. The van der Waals surface area contributed by atoms with Gasteiger partial charge < -0.3 is 4.40 Å². The molecule has 0 aliphatic heterocycles. The predicted octanol–water partition coefficient (Wildman–Crippen LogP) is 4.48. The number of imidazole rings is 1. The summed E-state index contributed by atoms with van der Waals surface area (Å²) in [6, 6.07) is 18.6. The molecule has 0 radical (unpaired) electrons. The number of benzene rings is 1. The Hall–Kier alpha value is -2.33. The standard InChI is InChI=1S/C18H15N3S/c1-13-5-4-8-17-19-15(11-21(13)17)12-22-18-10-9-14-6-2-3-7-16(14)20-18/h2-11H,12H2,1H3. The fourth-order valence-electron chi connectivity index (χ4n) is 2.54. The highest BCUT2D eigenvalue weighted by atomic mass is 32.2. The molecule has 3 aromatic heterocycles. The summed E-state index contributed by atoms with van der Waals surface area (Å²) in [5, 5.41) is 2.21. The van der Waals surface area contributed by atoms with Crippen LogP contribution in [0, 0.1) is 6.92 Å². The Morgan fingerprint density at radius 1 is 0.955 bits per heavy atom. The van der Waals surface area contributed by atoms with Crippen LogP contribution in [0.15, 0.2) is 65.8 Å². The number of rotatable bonds is 3. The average molecular weight is 305 g/mol. The molecule has 0 N–H and O–H groups in total. The molecule has 0 saturated carbocycles. The first-order chi connectivity index (χ1) is 10.8. The van der Waals surface area contributed by atoms with Crippen molar-refractivity contribution in [2.75, 3.05) is 0 Å². The highest BCUT2D eigenvalue weighted by Crippen LogP contribution is 2.23. The van der Waals surface area contributed by atoms with Crippen LogP contribution in [0.3, 0.4) is 0 Å². The lowest BCUT2D eigenvalue weighted by Gasteiger charge is -2.01. The summed E-state index contributed by atoms with van der Waals surface area (Å²) in [6.45, 7) is 2.09. The maximum Gasteiger partial charge on any atom is 0.137 e. The lowest BCUT2D eigenvalue weighted by molar-refractivity contribution is 1.09. The van der Waals surface area contributed by atoms with E-state index in [0.717, 1.165) is 27.6 Å². The lowest BCUT2D eigenvalue weighted by atomic mass is 10.2. The summed E-state index contributed by atoms with van der Waals surface area (Å²) in [5.41, 5.74) is 4.32. The number of aromatic nitrogens is 3. The quantitative estimate of drug-likeness (QED) is 0.523. The van der Waals surface area contributed by atoms with Crippen molar-refractivity contribution in [3.05, 3.63) is 72.2 Å². The zero-order valence-electron chi connectivity index (χ0n) is 12.2. The molecule has 0 bridgehead atoms. The zero-order chi connectivity index (χ0) is 14.9. The molecule has 1 aromatic carbocycles. The van der Waals surface area contributed by atoms with E-state index in [-0.39, 0.29) is 0 Å². The van der Waals surface area contributed by atoms with E-state index < -0.39 is 0 Å². The number of hydrogen-bond donors (Lipinski definition) is 0. The van der Waals surface area contributed by atoms with E-state index in [9.17, 15) is 0 Å². The third-order valence-electron chi connectivity index (χ3n) is 3.69. The molecule has 3 nitrogen and oxygen atoms in total. The van der Waals surface area contributed by atoms with E-state index in [2.05, 4.69) is 46.8 Å². The van der Waals surface area contributed by atoms with Gasteiger partial charge in [-0.05, 0) is 31.2 Å². The van der Waals surface area contributed by atoms with Crippen molar-refractivity contribution >= 4 is 28.3 Å². The molecule has 0 saturated heterocycles. The second kappa shape index (κ2) is 5.46. The number of aryl methyl sites for hydroxylation is 1. The maximum atomic E-state index is 4.69. The summed E-state index contributed by atoms with van der Waals surface area (Å²) in [4.78, 5) is 9.36. The van der Waals surface area contributed by atoms with Crippen molar-refractivity contribution in [2.24, 2.45) is 0 Å². The van der Waals surface area contributed by atoms with Crippen LogP contribution in [0.4, 0.5) is 0 Å². The molecule has 108 valence electrons. The van der Waals surface area contributed by atoms with Crippen LogP contribution in [0.2, 0.25) is 0 Å². The molecule has 4 heteroatoms. The summed E-state index contributed by atoms with van der Waals surface area (Å²) in [6.07, 6.45) is 2.11. The van der Waals surface area contributed by atoms with Crippen LogP contribution in [0.25, 0.3) is 16.6 Å². The van der Waals surface area contributed by atoms with Gasteiger partial charge >= 0.3 is 0 Å². The lowest BCUT2D eigenvalue weighted by Crippen LogP contribution is -1.86. The first kappa shape index (κ1) is 13.3. The number of hydrogen-bond acceptors (Lipinski definition) is 3. The van der Waals surface area contributed by atoms with E-state index in [1.54, 1.807) is 11.8 Å². The fourth-order valence-corrected chi connectivity index (χ4v) is 3.31. The van der Waals surface area contributed by atoms with Crippen LogP contribution in [0.5, 0.6) is 0 Å². The van der Waals surface area contributed by atoms with Gasteiger partial charge in [-0.25, -0.2) is 9.97 Å². The molecule has 0 amide bonds. The van der Waals surface area contributed by atoms with Crippen LogP contribution in [-0.2, 0) is 5.75 Å². The fraction of sp³-hybridized carbons (Fsp3) is 0.111. The van der Waals surface area contributed by atoms with Gasteiger partial charge in [-0.2, -0.15) is 0 Å².